The Hall–Kier alpha value is -9.60. The van der Waals surface area contributed by atoms with Gasteiger partial charge in [-0.2, -0.15) is 0 Å². The van der Waals surface area contributed by atoms with E-state index in [1.165, 1.54) is 21.3 Å². The third-order valence-corrected chi connectivity index (χ3v) is 12.5. The fourth-order valence-corrected chi connectivity index (χ4v) is 7.75. The first kappa shape index (κ1) is 72.5. The number of hydrogen-bond donors (Lipinski definition) is 2. The van der Waals surface area contributed by atoms with E-state index < -0.39 is 122 Å². The molecule has 0 bridgehead atoms. The van der Waals surface area contributed by atoms with Gasteiger partial charge in [-0.15, -0.1) is 0 Å². The lowest BCUT2D eigenvalue weighted by Gasteiger charge is -2.11. The molecule has 10 rings (SSSR count). The minimum atomic E-state index is -1.09. The number of esters is 8. The number of carbonyl (C=O) groups excluding carboxylic acids is 8. The quantitative estimate of drug-likeness (QED) is 0.0830. The van der Waals surface area contributed by atoms with Crippen molar-refractivity contribution >= 4 is 59.7 Å². The van der Waals surface area contributed by atoms with Crippen LogP contribution in [0, 0.1) is 0 Å². The highest BCUT2D eigenvalue weighted by atomic mass is 16.8. The van der Waals surface area contributed by atoms with Crippen LogP contribution in [0.4, 0.5) is 0 Å². The Labute approximate surface area is 530 Å². The minimum Gasteiger partial charge on any atom is -0.479 e. The van der Waals surface area contributed by atoms with Gasteiger partial charge in [0.1, 0.15) is 33.0 Å². The van der Waals surface area contributed by atoms with Gasteiger partial charge in [0, 0.05) is 0 Å². The number of ether oxygens (including phenoxy) is 18. The molecule has 5 aromatic rings. The number of carbonyl (C=O) groups is 10. The molecule has 2 N–H and O–H groups in total. The van der Waals surface area contributed by atoms with Crippen LogP contribution in [0.2, 0.25) is 0 Å². The number of carboxylic acid groups (broad SMARTS) is 2. The van der Waals surface area contributed by atoms with Gasteiger partial charge in [0.25, 0.3) is 0 Å². The maximum absolute atomic E-state index is 11.6. The monoisotopic (exact) mass is 1300 g/mol. The maximum atomic E-state index is 11.6. The highest BCUT2D eigenvalue weighted by molar-refractivity contribution is 5.91. The Morgan fingerprint density at radius 1 is 0.301 bits per heavy atom. The van der Waals surface area contributed by atoms with Crippen molar-refractivity contribution in [3.05, 3.63) is 179 Å². The summed E-state index contributed by atoms with van der Waals surface area (Å²) in [6, 6.07) is 42.7. The van der Waals surface area contributed by atoms with Crippen LogP contribution in [0.1, 0.15) is 51.8 Å². The predicted octanol–water partition coefficient (Wildman–Crippen LogP) is 3.61. The van der Waals surface area contributed by atoms with Gasteiger partial charge in [-0.25, -0.2) is 47.9 Å². The number of aliphatic carboxylic acids is 2. The molecule has 30 heteroatoms. The Morgan fingerprint density at radius 2 is 0.473 bits per heavy atom. The molecule has 0 aromatic heterocycles. The second kappa shape index (κ2) is 38.9. The van der Waals surface area contributed by atoms with Crippen molar-refractivity contribution in [1.29, 1.82) is 0 Å². The zero-order valence-electron chi connectivity index (χ0n) is 50.1. The lowest BCUT2D eigenvalue weighted by atomic mass is 10.2. The van der Waals surface area contributed by atoms with E-state index >= 15 is 0 Å². The van der Waals surface area contributed by atoms with E-state index in [1.54, 1.807) is 152 Å². The van der Waals surface area contributed by atoms with Gasteiger partial charge in [0.2, 0.25) is 0 Å². The molecule has 5 saturated heterocycles. The van der Waals surface area contributed by atoms with Crippen LogP contribution < -0.4 is 0 Å². The second-order valence-electron chi connectivity index (χ2n) is 19.0. The first-order valence-corrected chi connectivity index (χ1v) is 28.1. The summed E-state index contributed by atoms with van der Waals surface area (Å²) in [4.78, 5) is 113. The van der Waals surface area contributed by atoms with Crippen LogP contribution in [0.5, 0.6) is 0 Å². The molecule has 0 amide bonds. The van der Waals surface area contributed by atoms with E-state index in [1.807, 2.05) is 0 Å². The Bertz CT molecular complexity index is 2890. The molecule has 0 saturated carbocycles. The van der Waals surface area contributed by atoms with Gasteiger partial charge in [-0.3, -0.25) is 0 Å². The van der Waals surface area contributed by atoms with Crippen LogP contribution >= 0.6 is 0 Å². The lowest BCUT2D eigenvalue weighted by molar-refractivity contribution is -0.156. The Balaban J connectivity index is 0.000000184. The molecule has 5 fully saturated rings. The van der Waals surface area contributed by atoms with E-state index in [0.717, 1.165) is 0 Å². The zero-order valence-corrected chi connectivity index (χ0v) is 50.1. The van der Waals surface area contributed by atoms with Gasteiger partial charge in [-0.05, 0) is 60.7 Å². The molecular formula is C63H66O30. The van der Waals surface area contributed by atoms with E-state index in [4.69, 9.17) is 81.3 Å². The zero-order chi connectivity index (χ0) is 66.9. The average Bonchev–Trinajstić information content (AvgIpc) is 2.75. The summed E-state index contributed by atoms with van der Waals surface area (Å²) in [6.45, 7) is -0.245. The maximum Gasteiger partial charge on any atom is 0.338 e. The molecule has 0 spiro atoms. The molecule has 0 aliphatic carbocycles. The van der Waals surface area contributed by atoms with Crippen molar-refractivity contribution < 1.29 is 143 Å². The van der Waals surface area contributed by atoms with Crippen molar-refractivity contribution in [2.45, 2.75) is 62.0 Å². The molecule has 1 unspecified atom stereocenters. The molecule has 30 nitrogen and oxygen atoms in total. The molecule has 498 valence electrons. The van der Waals surface area contributed by atoms with Crippen LogP contribution in [0.25, 0.3) is 0 Å². The number of methoxy groups -OCH3 is 3. The highest BCUT2D eigenvalue weighted by Crippen LogP contribution is 2.19. The van der Waals surface area contributed by atoms with Crippen LogP contribution in [-0.2, 0) is 109 Å². The molecule has 5 aliphatic rings. The van der Waals surface area contributed by atoms with Gasteiger partial charge in [0.05, 0.1) is 82.2 Å². The third kappa shape index (κ3) is 24.9. The van der Waals surface area contributed by atoms with Gasteiger partial charge < -0.3 is 95.5 Å². The van der Waals surface area contributed by atoms with Crippen molar-refractivity contribution in [3.63, 3.8) is 0 Å². The van der Waals surface area contributed by atoms with Gasteiger partial charge in [-0.1, -0.05) is 91.0 Å². The van der Waals surface area contributed by atoms with E-state index in [-0.39, 0.29) is 66.1 Å². The van der Waals surface area contributed by atoms with E-state index in [9.17, 15) is 47.9 Å². The Kier molecular flexibility index (Phi) is 30.3. The molecule has 5 aliphatic heterocycles. The molecular weight excluding hydrogens is 1240 g/mol. The fraction of sp³-hybridized carbons (Fsp3) is 0.365. The predicted molar refractivity (Wildman–Crippen MR) is 308 cm³/mol. The van der Waals surface area contributed by atoms with Crippen molar-refractivity contribution in [2.75, 3.05) is 87.4 Å². The summed E-state index contributed by atoms with van der Waals surface area (Å²) in [7, 11) is 3.82. The average molecular weight is 1300 g/mol. The van der Waals surface area contributed by atoms with Crippen molar-refractivity contribution in [1.82, 2.24) is 0 Å². The SMILES string of the molecule is COC(=O)[C@@H]1COC(COC(=O)c2ccccc2)O1.COC(=O)[C@@H]1CO[C@@H](COC(=O)c2ccccc2)O1.COC(=O)[C@@H]1CO[C@@H](COC(=O)c2ccccc2)O1.O=C(OC[C@H]1OC[C@@H](C(=O)O)O1)c1ccccc1.O=C(OC[C@H]1OC[C@@H](C(=O)O)O1)c1ccccc1. The smallest absolute Gasteiger partial charge is 0.338 e. The first-order valence-electron chi connectivity index (χ1n) is 28.1. The lowest BCUT2D eigenvalue weighted by Crippen LogP contribution is -2.26. The fourth-order valence-electron chi connectivity index (χ4n) is 7.75. The summed E-state index contributed by atoms with van der Waals surface area (Å²) in [5, 5.41) is 17.3. The van der Waals surface area contributed by atoms with Crippen LogP contribution in [-0.4, -0.2) is 219 Å². The first-order chi connectivity index (χ1) is 44.9. The second-order valence-corrected chi connectivity index (χ2v) is 19.0. The number of carboxylic acids is 2. The largest absolute Gasteiger partial charge is 0.479 e. The minimum absolute atomic E-state index is 0.0388. The van der Waals surface area contributed by atoms with Crippen LogP contribution in [0.3, 0.4) is 0 Å². The normalized spacial score (nSPS) is 22.2. The molecule has 0 radical (unpaired) electrons. The Morgan fingerprint density at radius 3 is 0.634 bits per heavy atom. The summed E-state index contributed by atoms with van der Waals surface area (Å²) >= 11 is 0. The number of benzene rings is 5. The standard InChI is InChI=1S/3C13H14O6.2C12H12O6/c3*1-16-13(15)10-7-17-11(19-10)8-18-12(14)9-5-3-2-4-6-9;2*13-11(14)9-6-16-10(18-9)7-17-12(15)8-4-2-1-3-5-8/h3*2-6,10-11H,7-8H2,1H3;2*1-5,9-10H,6-7H2,(H,13,14)/t10-,11?;2*10-,11+;2*9-,10-/m00000/s1. The summed E-state index contributed by atoms with van der Waals surface area (Å²) in [5.41, 5.74) is 2.19. The summed E-state index contributed by atoms with van der Waals surface area (Å²) < 4.78 is 89.9. The summed E-state index contributed by atoms with van der Waals surface area (Å²) in [6.07, 6.45) is -8.13. The molecule has 5 heterocycles. The third-order valence-electron chi connectivity index (χ3n) is 12.5. The number of rotatable bonds is 20. The van der Waals surface area contributed by atoms with Crippen molar-refractivity contribution in [2.24, 2.45) is 0 Å². The van der Waals surface area contributed by atoms with Crippen LogP contribution in [0.15, 0.2) is 152 Å². The topological polar surface area (TPSA) is 377 Å². The van der Waals surface area contributed by atoms with Crippen molar-refractivity contribution in [3.8, 4) is 0 Å². The highest BCUT2D eigenvalue weighted by Gasteiger charge is 2.37. The van der Waals surface area contributed by atoms with E-state index in [0.29, 0.717) is 27.8 Å². The van der Waals surface area contributed by atoms with Gasteiger partial charge in [0.15, 0.2) is 62.0 Å². The number of hydrogen-bond acceptors (Lipinski definition) is 28. The molecule has 5 aromatic carbocycles. The van der Waals surface area contributed by atoms with Gasteiger partial charge >= 0.3 is 59.7 Å². The molecule has 93 heavy (non-hydrogen) atoms. The molecule has 10 atom stereocenters. The van der Waals surface area contributed by atoms with E-state index in [2.05, 4.69) is 14.2 Å². The summed E-state index contributed by atoms with van der Waals surface area (Å²) in [5.74, 6) is -6.08.